The number of ether oxygens (including phenoxy) is 1. The van der Waals surface area contributed by atoms with E-state index in [-0.39, 0.29) is 5.75 Å². The number of alkyl halides is 3. The van der Waals surface area contributed by atoms with Crippen LogP contribution in [0.25, 0.3) is 0 Å². The van der Waals surface area contributed by atoms with E-state index >= 15 is 0 Å². The molecule has 106 valence electrons. The Morgan fingerprint density at radius 1 is 0.950 bits per heavy atom. The Kier molecular flexibility index (Phi) is 4.02. The van der Waals surface area contributed by atoms with Gasteiger partial charge in [0, 0.05) is 17.9 Å². The molecule has 0 heterocycles. The van der Waals surface area contributed by atoms with Crippen LogP contribution in [0.15, 0.2) is 48.5 Å². The highest BCUT2D eigenvalue weighted by atomic mass is 19.4. The molecular weight excluding hydrogens is 269 g/mol. The van der Waals surface area contributed by atoms with Crippen LogP contribution in [0.4, 0.5) is 24.5 Å². The standard InChI is InChI=1S/C14H13F3N2O/c15-14(16,17)20-13-7-5-12(6-8-13)19-9-10-1-3-11(18)4-2-10/h1-8,19H,9,18H2. The number of hydrogen-bond acceptors (Lipinski definition) is 3. The van der Waals surface area contributed by atoms with Crippen LogP contribution in [0.5, 0.6) is 5.75 Å². The van der Waals surface area contributed by atoms with Crippen molar-refractivity contribution in [1.82, 2.24) is 0 Å². The Balaban J connectivity index is 1.92. The molecule has 0 atom stereocenters. The molecule has 0 radical (unpaired) electrons. The lowest BCUT2D eigenvalue weighted by Gasteiger charge is -2.10. The summed E-state index contributed by atoms with van der Waals surface area (Å²) < 4.78 is 39.8. The molecule has 3 nitrogen and oxygen atoms in total. The highest BCUT2D eigenvalue weighted by Crippen LogP contribution is 2.24. The van der Waals surface area contributed by atoms with Crippen molar-refractivity contribution in [3.8, 4) is 5.75 Å². The van der Waals surface area contributed by atoms with Crippen molar-refractivity contribution in [3.05, 3.63) is 54.1 Å². The molecule has 0 saturated heterocycles. The number of benzene rings is 2. The van der Waals surface area contributed by atoms with Crippen molar-refractivity contribution >= 4 is 11.4 Å². The molecule has 2 aromatic carbocycles. The number of nitrogens with two attached hydrogens (primary N) is 1. The third-order valence-electron chi connectivity index (χ3n) is 2.56. The Morgan fingerprint density at radius 3 is 2.10 bits per heavy atom. The zero-order valence-electron chi connectivity index (χ0n) is 10.4. The predicted molar refractivity (Wildman–Crippen MR) is 71.3 cm³/mol. The molecule has 6 heteroatoms. The quantitative estimate of drug-likeness (QED) is 0.839. The van der Waals surface area contributed by atoms with Crippen LogP contribution in [0.3, 0.4) is 0 Å². The summed E-state index contributed by atoms with van der Waals surface area (Å²) in [4.78, 5) is 0. The van der Waals surface area contributed by atoms with E-state index in [1.165, 1.54) is 24.3 Å². The van der Waals surface area contributed by atoms with Gasteiger partial charge in [-0.2, -0.15) is 0 Å². The van der Waals surface area contributed by atoms with Crippen LogP contribution < -0.4 is 15.8 Å². The zero-order valence-corrected chi connectivity index (χ0v) is 10.4. The molecule has 0 aliphatic rings. The van der Waals surface area contributed by atoms with Gasteiger partial charge < -0.3 is 15.8 Å². The Morgan fingerprint density at radius 2 is 1.55 bits per heavy atom. The molecule has 0 bridgehead atoms. The number of nitrogens with one attached hydrogen (secondary N) is 1. The second-order valence-corrected chi connectivity index (χ2v) is 4.17. The van der Waals surface area contributed by atoms with Gasteiger partial charge in [0.1, 0.15) is 5.75 Å². The van der Waals surface area contributed by atoms with Gasteiger partial charge in [-0.25, -0.2) is 0 Å². The summed E-state index contributed by atoms with van der Waals surface area (Å²) in [5.74, 6) is -0.240. The number of nitrogen functional groups attached to an aromatic ring is 1. The SMILES string of the molecule is Nc1ccc(CNc2ccc(OC(F)(F)F)cc2)cc1. The second-order valence-electron chi connectivity index (χ2n) is 4.17. The lowest BCUT2D eigenvalue weighted by atomic mass is 10.2. The van der Waals surface area contributed by atoms with Crippen molar-refractivity contribution in [2.45, 2.75) is 12.9 Å². The second kappa shape index (κ2) is 5.73. The van der Waals surface area contributed by atoms with Gasteiger partial charge in [0.15, 0.2) is 0 Å². The zero-order chi connectivity index (χ0) is 14.6. The normalized spacial score (nSPS) is 11.2. The monoisotopic (exact) mass is 282 g/mol. The summed E-state index contributed by atoms with van der Waals surface area (Å²) in [6, 6.07) is 12.9. The number of halogens is 3. The van der Waals surface area contributed by atoms with E-state index in [2.05, 4.69) is 10.1 Å². The van der Waals surface area contributed by atoms with E-state index in [0.717, 1.165) is 5.56 Å². The summed E-state index contributed by atoms with van der Waals surface area (Å²) in [6.45, 7) is 0.555. The van der Waals surface area contributed by atoms with E-state index in [1.807, 2.05) is 12.1 Å². The van der Waals surface area contributed by atoms with Crippen LogP contribution in [0.2, 0.25) is 0 Å². The number of rotatable bonds is 4. The van der Waals surface area contributed by atoms with Crippen LogP contribution in [-0.4, -0.2) is 6.36 Å². The first-order chi connectivity index (χ1) is 9.42. The maximum absolute atomic E-state index is 12.0. The fraction of sp³-hybridized carbons (Fsp3) is 0.143. The summed E-state index contributed by atoms with van der Waals surface area (Å²) in [5, 5.41) is 3.09. The lowest BCUT2D eigenvalue weighted by molar-refractivity contribution is -0.274. The van der Waals surface area contributed by atoms with E-state index in [0.29, 0.717) is 17.9 Å². The van der Waals surface area contributed by atoms with Crippen molar-refractivity contribution in [2.24, 2.45) is 0 Å². The first-order valence-corrected chi connectivity index (χ1v) is 5.86. The summed E-state index contributed by atoms with van der Waals surface area (Å²) in [5.41, 5.74) is 7.99. The van der Waals surface area contributed by atoms with Gasteiger partial charge in [0.25, 0.3) is 0 Å². The number of hydrogen-bond donors (Lipinski definition) is 2. The predicted octanol–water partition coefficient (Wildman–Crippen LogP) is 3.78. The van der Waals surface area contributed by atoms with Crippen LogP contribution in [0, 0.1) is 0 Å². The molecule has 0 aliphatic carbocycles. The smallest absolute Gasteiger partial charge is 0.406 e. The third kappa shape index (κ3) is 4.38. The van der Waals surface area contributed by atoms with Gasteiger partial charge >= 0.3 is 6.36 Å². The first-order valence-electron chi connectivity index (χ1n) is 5.86. The van der Waals surface area contributed by atoms with E-state index in [9.17, 15) is 13.2 Å². The van der Waals surface area contributed by atoms with E-state index in [4.69, 9.17) is 5.73 Å². The molecule has 0 saturated carbocycles. The molecule has 3 N–H and O–H groups in total. The highest BCUT2D eigenvalue weighted by Gasteiger charge is 2.30. The van der Waals surface area contributed by atoms with Crippen LogP contribution in [0.1, 0.15) is 5.56 Å². The Bertz CT molecular complexity index is 550. The van der Waals surface area contributed by atoms with Gasteiger partial charge in [0.2, 0.25) is 0 Å². The lowest BCUT2D eigenvalue weighted by Crippen LogP contribution is -2.17. The molecular formula is C14H13F3N2O. The topological polar surface area (TPSA) is 47.3 Å². The maximum atomic E-state index is 12.0. The largest absolute Gasteiger partial charge is 0.573 e. The average molecular weight is 282 g/mol. The third-order valence-corrected chi connectivity index (χ3v) is 2.56. The number of anilines is 2. The van der Waals surface area contributed by atoms with Gasteiger partial charge in [-0.3, -0.25) is 0 Å². The fourth-order valence-electron chi connectivity index (χ4n) is 1.61. The van der Waals surface area contributed by atoms with Crippen molar-refractivity contribution in [2.75, 3.05) is 11.1 Å². The maximum Gasteiger partial charge on any atom is 0.573 e. The molecule has 0 spiro atoms. The minimum absolute atomic E-state index is 0.240. The minimum atomic E-state index is -4.67. The molecule has 0 aromatic heterocycles. The van der Waals surface area contributed by atoms with Gasteiger partial charge in [0.05, 0.1) is 0 Å². The van der Waals surface area contributed by atoms with Gasteiger partial charge in [-0.1, -0.05) is 12.1 Å². The molecule has 0 aliphatic heterocycles. The first kappa shape index (κ1) is 14.0. The summed E-state index contributed by atoms with van der Waals surface area (Å²) >= 11 is 0. The molecule has 2 aromatic rings. The fourth-order valence-corrected chi connectivity index (χ4v) is 1.61. The van der Waals surface area contributed by atoms with Crippen molar-refractivity contribution in [1.29, 1.82) is 0 Å². The molecule has 0 amide bonds. The summed E-state index contributed by atoms with van der Waals surface area (Å²) in [6.07, 6.45) is -4.67. The molecule has 20 heavy (non-hydrogen) atoms. The van der Waals surface area contributed by atoms with E-state index in [1.54, 1.807) is 12.1 Å². The average Bonchev–Trinajstić information content (AvgIpc) is 2.38. The highest BCUT2D eigenvalue weighted by molar-refractivity contribution is 5.47. The van der Waals surface area contributed by atoms with Crippen LogP contribution >= 0.6 is 0 Å². The van der Waals surface area contributed by atoms with Gasteiger partial charge in [-0.15, -0.1) is 13.2 Å². The van der Waals surface area contributed by atoms with Crippen LogP contribution in [-0.2, 0) is 6.54 Å². The Labute approximate surface area is 114 Å². The van der Waals surface area contributed by atoms with E-state index < -0.39 is 6.36 Å². The molecule has 2 rings (SSSR count). The Hall–Kier alpha value is -2.37. The van der Waals surface area contributed by atoms with Crippen molar-refractivity contribution < 1.29 is 17.9 Å². The molecule has 0 fully saturated rings. The summed E-state index contributed by atoms with van der Waals surface area (Å²) in [7, 11) is 0. The molecule has 0 unspecified atom stereocenters. The van der Waals surface area contributed by atoms with Crippen molar-refractivity contribution in [3.63, 3.8) is 0 Å². The van der Waals surface area contributed by atoms with Gasteiger partial charge in [-0.05, 0) is 42.0 Å². The minimum Gasteiger partial charge on any atom is -0.406 e.